The number of nitrogens with zero attached hydrogens (tertiary/aromatic N) is 2. The Morgan fingerprint density at radius 3 is 2.78 bits per heavy atom. The van der Waals surface area contributed by atoms with E-state index in [1.54, 1.807) is 6.07 Å². The molecule has 3 nitrogen and oxygen atoms in total. The van der Waals surface area contributed by atoms with Gasteiger partial charge in [0.05, 0.1) is 22.7 Å². The largest absolute Gasteiger partial charge is 0.391 e. The van der Waals surface area contributed by atoms with Gasteiger partial charge < -0.3 is 10.0 Å². The predicted molar refractivity (Wildman–Crippen MR) is 73.0 cm³/mol. The molecule has 1 fully saturated rings. The molecule has 0 amide bonds. The van der Waals surface area contributed by atoms with Crippen molar-refractivity contribution in [2.45, 2.75) is 38.8 Å². The highest BCUT2D eigenvalue weighted by molar-refractivity contribution is 6.33. The highest BCUT2D eigenvalue weighted by Gasteiger charge is 2.30. The number of hydrogen-bond acceptors (Lipinski definition) is 3. The maximum absolute atomic E-state index is 9.84. The first-order valence-corrected chi connectivity index (χ1v) is 6.64. The van der Waals surface area contributed by atoms with Gasteiger partial charge in [-0.25, -0.2) is 0 Å². The van der Waals surface area contributed by atoms with Crippen LogP contribution in [0.4, 0.5) is 5.69 Å². The zero-order valence-electron chi connectivity index (χ0n) is 10.7. The number of halogens is 1. The van der Waals surface area contributed by atoms with Crippen molar-refractivity contribution in [1.82, 2.24) is 0 Å². The summed E-state index contributed by atoms with van der Waals surface area (Å²) in [4.78, 5) is 2.18. The first kappa shape index (κ1) is 13.2. The van der Waals surface area contributed by atoms with Gasteiger partial charge in [-0.05, 0) is 37.5 Å². The molecule has 1 aromatic carbocycles. The molecule has 0 radical (unpaired) electrons. The maximum Gasteiger partial charge on any atom is 0.101 e. The number of aliphatic hydroxyl groups excluding tert-OH is 1. The summed E-state index contributed by atoms with van der Waals surface area (Å²) in [5.74, 6) is 0. The number of benzene rings is 1. The molecule has 0 aromatic heterocycles. The van der Waals surface area contributed by atoms with Crippen LogP contribution < -0.4 is 4.90 Å². The average Bonchev–Trinajstić information content (AvgIpc) is 2.69. The first-order valence-electron chi connectivity index (χ1n) is 6.26. The fraction of sp³-hybridized carbons (Fsp3) is 0.500. The van der Waals surface area contributed by atoms with E-state index in [1.807, 2.05) is 19.9 Å². The summed E-state index contributed by atoms with van der Waals surface area (Å²) < 4.78 is 0. The van der Waals surface area contributed by atoms with E-state index in [2.05, 4.69) is 11.0 Å². The van der Waals surface area contributed by atoms with Gasteiger partial charge in [-0.3, -0.25) is 0 Å². The standard InChI is InChI=1S/C14H17ClN2O/c1-3-11-12(5-4-10(8-16)14(11)15)17-7-6-13(18)9(17)2/h4-5,9,13,18H,3,6-7H2,1-2H3/t9-,13-/m0/s1. The third-order valence-electron chi connectivity index (χ3n) is 3.72. The molecule has 0 unspecified atom stereocenters. The van der Waals surface area contributed by atoms with Crippen LogP contribution in [0.15, 0.2) is 12.1 Å². The minimum absolute atomic E-state index is 0.0966. The zero-order chi connectivity index (χ0) is 13.3. The molecule has 2 atom stereocenters. The molecule has 1 saturated heterocycles. The Morgan fingerprint density at radius 2 is 2.28 bits per heavy atom. The van der Waals surface area contributed by atoms with Gasteiger partial charge in [0, 0.05) is 12.2 Å². The van der Waals surface area contributed by atoms with Gasteiger partial charge in [-0.15, -0.1) is 0 Å². The molecule has 18 heavy (non-hydrogen) atoms. The van der Waals surface area contributed by atoms with Crippen LogP contribution in [-0.2, 0) is 6.42 Å². The summed E-state index contributed by atoms with van der Waals surface area (Å²) in [6.45, 7) is 4.88. The van der Waals surface area contributed by atoms with Crippen molar-refractivity contribution < 1.29 is 5.11 Å². The third kappa shape index (κ3) is 2.07. The van der Waals surface area contributed by atoms with Gasteiger partial charge in [-0.1, -0.05) is 18.5 Å². The van der Waals surface area contributed by atoms with Gasteiger partial charge in [-0.2, -0.15) is 5.26 Å². The molecule has 1 N–H and O–H groups in total. The molecule has 0 spiro atoms. The van der Waals surface area contributed by atoms with Gasteiger partial charge in [0.1, 0.15) is 6.07 Å². The van der Waals surface area contributed by atoms with E-state index < -0.39 is 0 Å². The lowest BCUT2D eigenvalue weighted by Gasteiger charge is -2.27. The van der Waals surface area contributed by atoms with Crippen molar-refractivity contribution in [3.8, 4) is 6.07 Å². The van der Waals surface area contributed by atoms with Gasteiger partial charge >= 0.3 is 0 Å². The molecule has 96 valence electrons. The van der Waals surface area contributed by atoms with Crippen LogP contribution >= 0.6 is 11.6 Å². The summed E-state index contributed by atoms with van der Waals surface area (Å²) >= 11 is 6.27. The van der Waals surface area contributed by atoms with E-state index in [9.17, 15) is 5.11 Å². The Labute approximate surface area is 113 Å². The lowest BCUT2D eigenvalue weighted by molar-refractivity contribution is 0.170. The minimum Gasteiger partial charge on any atom is -0.391 e. The highest BCUT2D eigenvalue weighted by atomic mass is 35.5. The van der Waals surface area contributed by atoms with Crippen LogP contribution in [-0.4, -0.2) is 23.8 Å². The van der Waals surface area contributed by atoms with Crippen molar-refractivity contribution >= 4 is 17.3 Å². The van der Waals surface area contributed by atoms with Crippen LogP contribution in [0.25, 0.3) is 0 Å². The second-order valence-electron chi connectivity index (χ2n) is 4.68. The normalized spacial score (nSPS) is 23.2. The summed E-state index contributed by atoms with van der Waals surface area (Å²) in [6.07, 6.45) is 1.27. The lowest BCUT2D eigenvalue weighted by Crippen LogP contribution is -2.32. The number of hydrogen-bond donors (Lipinski definition) is 1. The number of aliphatic hydroxyl groups is 1. The number of rotatable bonds is 2. The molecule has 0 saturated carbocycles. The summed E-state index contributed by atoms with van der Waals surface area (Å²) in [5, 5.41) is 19.4. The lowest BCUT2D eigenvalue weighted by atomic mass is 10.0. The molecule has 2 rings (SSSR count). The van der Waals surface area contributed by atoms with Crippen LogP contribution in [0.5, 0.6) is 0 Å². The molecule has 1 aliphatic heterocycles. The number of nitriles is 1. The predicted octanol–water partition coefficient (Wildman–Crippen LogP) is 2.73. The molecule has 1 aliphatic rings. The molecule has 4 heteroatoms. The van der Waals surface area contributed by atoms with E-state index in [-0.39, 0.29) is 12.1 Å². The zero-order valence-corrected chi connectivity index (χ0v) is 11.4. The van der Waals surface area contributed by atoms with E-state index in [0.29, 0.717) is 10.6 Å². The van der Waals surface area contributed by atoms with Crippen molar-refractivity contribution in [3.05, 3.63) is 28.3 Å². The van der Waals surface area contributed by atoms with Crippen LogP contribution in [0.2, 0.25) is 5.02 Å². The molecule has 0 aliphatic carbocycles. The molecule has 1 aromatic rings. The minimum atomic E-state index is -0.288. The van der Waals surface area contributed by atoms with Gasteiger partial charge in [0.15, 0.2) is 0 Å². The summed E-state index contributed by atoms with van der Waals surface area (Å²) in [5.41, 5.74) is 2.56. The van der Waals surface area contributed by atoms with Gasteiger partial charge in [0.25, 0.3) is 0 Å². The maximum atomic E-state index is 9.84. The topological polar surface area (TPSA) is 47.3 Å². The van der Waals surface area contributed by atoms with Crippen molar-refractivity contribution in [2.24, 2.45) is 0 Å². The Hall–Kier alpha value is -1.24. The summed E-state index contributed by atoms with van der Waals surface area (Å²) in [7, 11) is 0. The quantitative estimate of drug-likeness (QED) is 0.894. The Kier molecular flexibility index (Phi) is 3.79. The third-order valence-corrected chi connectivity index (χ3v) is 4.15. The van der Waals surface area contributed by atoms with Crippen molar-refractivity contribution in [1.29, 1.82) is 5.26 Å². The fourth-order valence-corrected chi connectivity index (χ4v) is 2.90. The van der Waals surface area contributed by atoms with Crippen molar-refractivity contribution in [2.75, 3.05) is 11.4 Å². The van der Waals surface area contributed by atoms with Crippen LogP contribution in [0.1, 0.15) is 31.4 Å². The van der Waals surface area contributed by atoms with E-state index in [1.165, 1.54) is 0 Å². The Balaban J connectivity index is 2.46. The van der Waals surface area contributed by atoms with Crippen LogP contribution in [0, 0.1) is 11.3 Å². The Morgan fingerprint density at radius 1 is 1.56 bits per heavy atom. The molecule has 1 heterocycles. The second-order valence-corrected chi connectivity index (χ2v) is 5.06. The first-order chi connectivity index (χ1) is 8.60. The van der Waals surface area contributed by atoms with E-state index >= 15 is 0 Å². The van der Waals surface area contributed by atoms with Crippen LogP contribution in [0.3, 0.4) is 0 Å². The second kappa shape index (κ2) is 5.17. The average molecular weight is 265 g/mol. The molecular weight excluding hydrogens is 248 g/mol. The van der Waals surface area contributed by atoms with E-state index in [4.69, 9.17) is 16.9 Å². The number of anilines is 1. The summed E-state index contributed by atoms with van der Waals surface area (Å²) in [6, 6.07) is 5.90. The monoisotopic (exact) mass is 264 g/mol. The molecule has 0 bridgehead atoms. The van der Waals surface area contributed by atoms with Gasteiger partial charge in [0.2, 0.25) is 0 Å². The highest BCUT2D eigenvalue weighted by Crippen LogP contribution is 2.34. The molecular formula is C14H17ClN2O. The smallest absolute Gasteiger partial charge is 0.101 e. The van der Waals surface area contributed by atoms with E-state index in [0.717, 1.165) is 30.6 Å². The van der Waals surface area contributed by atoms with Crippen molar-refractivity contribution in [3.63, 3.8) is 0 Å². The SMILES string of the molecule is CCc1c(N2CC[C@H](O)[C@@H]2C)ccc(C#N)c1Cl. The Bertz CT molecular complexity index is 495. The fourth-order valence-electron chi connectivity index (χ4n) is 2.57.